The summed E-state index contributed by atoms with van der Waals surface area (Å²) >= 11 is 0. The zero-order chi connectivity index (χ0) is 19.6. The molecule has 2 aromatic rings. The van der Waals surface area contributed by atoms with Gasteiger partial charge in [0, 0.05) is 32.7 Å². The zero-order valence-electron chi connectivity index (χ0n) is 14.7. The second kappa shape index (κ2) is 7.42. The number of aromatic nitrogens is 2. The molecule has 1 amide bonds. The van der Waals surface area contributed by atoms with Crippen molar-refractivity contribution in [2.45, 2.75) is 19.1 Å². The minimum atomic E-state index is -4.41. The fourth-order valence-electron chi connectivity index (χ4n) is 3.03. The molecule has 1 fully saturated rings. The van der Waals surface area contributed by atoms with Crippen molar-refractivity contribution in [3.63, 3.8) is 0 Å². The lowest BCUT2D eigenvalue weighted by molar-refractivity contribution is -0.137. The molecule has 6 nitrogen and oxygen atoms in total. The first-order valence-corrected chi connectivity index (χ1v) is 8.46. The summed E-state index contributed by atoms with van der Waals surface area (Å²) in [5, 5.41) is 6.66. The van der Waals surface area contributed by atoms with E-state index in [1.807, 2.05) is 4.90 Å². The first-order chi connectivity index (χ1) is 12.7. The van der Waals surface area contributed by atoms with Gasteiger partial charge in [0.1, 0.15) is 0 Å². The molecule has 9 heteroatoms. The summed E-state index contributed by atoms with van der Waals surface area (Å²) in [6, 6.07) is 6.37. The average molecular weight is 380 g/mol. The van der Waals surface area contributed by atoms with E-state index in [0.29, 0.717) is 30.8 Å². The lowest BCUT2D eigenvalue weighted by Gasteiger charge is -2.18. The van der Waals surface area contributed by atoms with Crippen LogP contribution in [0.4, 0.5) is 18.9 Å². The monoisotopic (exact) mass is 380 g/mol. The highest BCUT2D eigenvalue weighted by Crippen LogP contribution is 2.29. The Bertz CT molecular complexity index is 895. The second-order valence-corrected chi connectivity index (χ2v) is 6.52. The van der Waals surface area contributed by atoms with Crippen molar-refractivity contribution in [1.82, 2.24) is 15.1 Å². The molecule has 0 saturated carbocycles. The van der Waals surface area contributed by atoms with Crippen LogP contribution in [-0.2, 0) is 24.6 Å². The summed E-state index contributed by atoms with van der Waals surface area (Å²) in [6.07, 6.45) is -2.24. The number of hydrogen-bond acceptors (Lipinski definition) is 4. The zero-order valence-corrected chi connectivity index (χ0v) is 14.7. The maximum atomic E-state index is 12.7. The number of nitrogens with one attached hydrogen (secondary N) is 1. The fourth-order valence-corrected chi connectivity index (χ4v) is 3.03. The Hall–Kier alpha value is -2.84. The van der Waals surface area contributed by atoms with Crippen molar-refractivity contribution in [2.75, 3.05) is 18.0 Å². The molecular weight excluding hydrogens is 361 g/mol. The van der Waals surface area contributed by atoms with Crippen LogP contribution in [-0.4, -0.2) is 28.8 Å². The summed E-state index contributed by atoms with van der Waals surface area (Å²) in [6.45, 7) is 1.08. The quantitative estimate of drug-likeness (QED) is 0.881. The van der Waals surface area contributed by atoms with E-state index in [1.54, 1.807) is 19.3 Å². The highest BCUT2D eigenvalue weighted by molar-refractivity contribution is 5.80. The number of rotatable bonds is 4. The average Bonchev–Trinajstić information content (AvgIpc) is 3.12. The Labute approximate surface area is 153 Å². The van der Waals surface area contributed by atoms with Crippen molar-refractivity contribution in [1.29, 1.82) is 0 Å². The Morgan fingerprint density at radius 2 is 2.11 bits per heavy atom. The molecule has 1 N–H and O–H groups in total. The van der Waals surface area contributed by atoms with Crippen molar-refractivity contribution < 1.29 is 18.0 Å². The van der Waals surface area contributed by atoms with Crippen molar-refractivity contribution in [3.8, 4) is 0 Å². The van der Waals surface area contributed by atoms with E-state index in [9.17, 15) is 22.8 Å². The summed E-state index contributed by atoms with van der Waals surface area (Å²) in [4.78, 5) is 25.9. The number of nitrogens with zero attached hydrogens (tertiary/aromatic N) is 3. The van der Waals surface area contributed by atoms with Gasteiger partial charge in [-0.1, -0.05) is 12.1 Å². The standard InChI is InChI=1S/C18H19F3N4O2/c1-24-16(26)8-15(10-23-24)25-6-5-13(11-25)17(27)22-9-12-3-2-4-14(7-12)18(19,20)21/h2-4,7-8,10,13H,5-6,9,11H2,1H3,(H,22,27). The first kappa shape index (κ1) is 18.9. The number of aryl methyl sites for hydroxylation is 1. The number of alkyl halides is 3. The maximum absolute atomic E-state index is 12.7. The minimum absolute atomic E-state index is 0.0344. The van der Waals surface area contributed by atoms with E-state index in [2.05, 4.69) is 10.4 Å². The third-order valence-corrected chi connectivity index (χ3v) is 4.60. The Balaban J connectivity index is 1.58. The van der Waals surface area contributed by atoms with Crippen LogP contribution in [0.25, 0.3) is 0 Å². The molecule has 144 valence electrons. The number of hydrogen-bond donors (Lipinski definition) is 1. The summed E-state index contributed by atoms with van der Waals surface area (Å²) in [5.74, 6) is -0.508. The van der Waals surface area contributed by atoms with Gasteiger partial charge in [-0.05, 0) is 24.1 Å². The van der Waals surface area contributed by atoms with Gasteiger partial charge in [0.25, 0.3) is 5.56 Å². The summed E-state index contributed by atoms with van der Waals surface area (Å²) < 4.78 is 39.5. The fraction of sp³-hybridized carbons (Fsp3) is 0.389. The highest BCUT2D eigenvalue weighted by atomic mass is 19.4. The first-order valence-electron chi connectivity index (χ1n) is 8.46. The van der Waals surface area contributed by atoms with Crippen LogP contribution in [0.15, 0.2) is 41.3 Å². The smallest absolute Gasteiger partial charge is 0.369 e. The molecule has 0 aliphatic carbocycles. The number of amides is 1. The van der Waals surface area contributed by atoms with Gasteiger partial charge in [-0.2, -0.15) is 18.3 Å². The molecular formula is C18H19F3N4O2. The van der Waals surface area contributed by atoms with Crippen LogP contribution < -0.4 is 15.8 Å². The van der Waals surface area contributed by atoms with Gasteiger partial charge in [-0.3, -0.25) is 9.59 Å². The van der Waals surface area contributed by atoms with Crippen LogP contribution in [0.1, 0.15) is 17.5 Å². The number of carbonyl (C=O) groups excluding carboxylic acids is 1. The van der Waals surface area contributed by atoms with Crippen molar-refractivity contribution in [2.24, 2.45) is 13.0 Å². The third-order valence-electron chi connectivity index (χ3n) is 4.60. The molecule has 0 spiro atoms. The molecule has 1 aliphatic heterocycles. The van der Waals surface area contributed by atoms with E-state index in [1.165, 1.54) is 16.8 Å². The molecule has 1 aliphatic rings. The van der Waals surface area contributed by atoms with Crippen LogP contribution in [0.2, 0.25) is 0 Å². The number of benzene rings is 1. The predicted molar refractivity (Wildman–Crippen MR) is 93.1 cm³/mol. The molecule has 1 saturated heterocycles. The SMILES string of the molecule is Cn1ncc(N2CCC(C(=O)NCc3cccc(C(F)(F)F)c3)C2)cc1=O. The molecule has 1 unspecified atom stereocenters. The van der Waals surface area contributed by atoms with Gasteiger partial charge >= 0.3 is 6.18 Å². The van der Waals surface area contributed by atoms with Gasteiger partial charge < -0.3 is 10.2 Å². The van der Waals surface area contributed by atoms with E-state index >= 15 is 0 Å². The Kier molecular flexibility index (Phi) is 5.20. The van der Waals surface area contributed by atoms with E-state index in [-0.39, 0.29) is 23.9 Å². The molecule has 1 atom stereocenters. The lowest BCUT2D eigenvalue weighted by Crippen LogP contribution is -2.33. The van der Waals surface area contributed by atoms with Gasteiger partial charge in [0.15, 0.2) is 0 Å². The number of halogens is 3. The van der Waals surface area contributed by atoms with Gasteiger partial charge in [-0.15, -0.1) is 0 Å². The molecule has 1 aromatic carbocycles. The van der Waals surface area contributed by atoms with E-state index in [0.717, 1.165) is 12.1 Å². The second-order valence-electron chi connectivity index (χ2n) is 6.52. The topological polar surface area (TPSA) is 67.2 Å². The van der Waals surface area contributed by atoms with E-state index < -0.39 is 11.7 Å². The predicted octanol–water partition coefficient (Wildman–Crippen LogP) is 1.94. The van der Waals surface area contributed by atoms with Crippen LogP contribution in [0.3, 0.4) is 0 Å². The summed E-state index contributed by atoms with van der Waals surface area (Å²) in [5.41, 5.74) is 0.0828. The van der Waals surface area contributed by atoms with Gasteiger partial charge in [0.2, 0.25) is 5.91 Å². The molecule has 2 heterocycles. The Morgan fingerprint density at radius 1 is 1.33 bits per heavy atom. The maximum Gasteiger partial charge on any atom is 0.416 e. The van der Waals surface area contributed by atoms with Crippen LogP contribution >= 0.6 is 0 Å². The highest BCUT2D eigenvalue weighted by Gasteiger charge is 2.31. The number of anilines is 1. The van der Waals surface area contributed by atoms with Crippen LogP contribution in [0, 0.1) is 5.92 Å². The Morgan fingerprint density at radius 3 is 2.81 bits per heavy atom. The van der Waals surface area contributed by atoms with Gasteiger partial charge in [-0.25, -0.2) is 4.68 Å². The summed E-state index contributed by atoms with van der Waals surface area (Å²) in [7, 11) is 1.56. The van der Waals surface area contributed by atoms with E-state index in [4.69, 9.17) is 0 Å². The lowest BCUT2D eigenvalue weighted by atomic mass is 10.1. The molecule has 1 aromatic heterocycles. The number of carbonyl (C=O) groups is 1. The van der Waals surface area contributed by atoms with Gasteiger partial charge in [0.05, 0.1) is 23.4 Å². The third kappa shape index (κ3) is 4.47. The van der Waals surface area contributed by atoms with Crippen molar-refractivity contribution >= 4 is 11.6 Å². The molecule has 27 heavy (non-hydrogen) atoms. The molecule has 3 rings (SSSR count). The molecule has 0 radical (unpaired) electrons. The molecule has 0 bridgehead atoms. The minimum Gasteiger partial charge on any atom is -0.369 e. The normalized spacial score (nSPS) is 17.2. The van der Waals surface area contributed by atoms with Crippen molar-refractivity contribution in [3.05, 3.63) is 58.0 Å². The largest absolute Gasteiger partial charge is 0.416 e. The van der Waals surface area contributed by atoms with Crippen LogP contribution in [0.5, 0.6) is 0 Å².